The summed E-state index contributed by atoms with van der Waals surface area (Å²) in [7, 11) is 0. The Morgan fingerprint density at radius 3 is 0.750 bits per heavy atom. The van der Waals surface area contributed by atoms with Gasteiger partial charge in [0.1, 0.15) is 0 Å². The van der Waals surface area contributed by atoms with Crippen molar-refractivity contribution in [1.82, 2.24) is 4.90 Å². The van der Waals surface area contributed by atoms with Crippen LogP contribution in [0.5, 0.6) is 0 Å². The van der Waals surface area contributed by atoms with Gasteiger partial charge in [0, 0.05) is 17.6 Å². The summed E-state index contributed by atoms with van der Waals surface area (Å²) in [6, 6.07) is 0. The van der Waals surface area contributed by atoms with Gasteiger partial charge in [0.05, 0.1) is 0 Å². The van der Waals surface area contributed by atoms with Crippen LogP contribution >= 0.6 is 34.8 Å². The van der Waals surface area contributed by atoms with Crippen LogP contribution < -0.4 is 0 Å². The minimum atomic E-state index is 0.825. The Morgan fingerprint density at radius 1 is 0.286 bits per heavy atom. The zero-order valence-electron chi connectivity index (χ0n) is 18.6. The Balaban J connectivity index is 3.80. The highest BCUT2D eigenvalue weighted by molar-refractivity contribution is 6.18. The lowest BCUT2D eigenvalue weighted by atomic mass is 10.1. The molecule has 0 unspecified atom stereocenters. The standard InChI is InChI=1S/C24H48Cl3N/c25-19-13-7-1-4-10-16-22-28(23-17-11-5-2-8-14-20-26)24-18-12-6-3-9-15-21-27/h1-24H2. The molecule has 28 heavy (non-hydrogen) atoms. The lowest BCUT2D eigenvalue weighted by Gasteiger charge is -2.22. The van der Waals surface area contributed by atoms with Gasteiger partial charge in [-0.05, 0) is 58.2 Å². The Bertz CT molecular complexity index is 234. The number of alkyl halides is 3. The van der Waals surface area contributed by atoms with E-state index in [1.165, 1.54) is 135 Å². The number of unbranched alkanes of at least 4 members (excludes halogenated alkanes) is 15. The van der Waals surface area contributed by atoms with E-state index in [1.807, 2.05) is 0 Å². The molecule has 0 heterocycles. The normalized spacial score (nSPS) is 11.6. The molecule has 0 aliphatic rings. The molecule has 0 bridgehead atoms. The molecule has 0 aliphatic heterocycles. The van der Waals surface area contributed by atoms with Crippen LogP contribution in [-0.2, 0) is 0 Å². The minimum absolute atomic E-state index is 0.825. The van der Waals surface area contributed by atoms with Crippen LogP contribution in [0.1, 0.15) is 116 Å². The molecule has 0 rings (SSSR count). The molecule has 0 radical (unpaired) electrons. The third kappa shape index (κ3) is 23.1. The predicted octanol–water partition coefficient (Wildman–Crippen LogP) is 9.03. The molecule has 0 amide bonds. The van der Waals surface area contributed by atoms with Crippen LogP contribution in [0.3, 0.4) is 0 Å². The zero-order chi connectivity index (χ0) is 20.5. The van der Waals surface area contributed by atoms with Crippen molar-refractivity contribution < 1.29 is 0 Å². The second kappa shape index (κ2) is 25.9. The monoisotopic (exact) mass is 455 g/mol. The van der Waals surface area contributed by atoms with E-state index >= 15 is 0 Å². The first-order valence-corrected chi connectivity index (χ1v) is 13.9. The van der Waals surface area contributed by atoms with Gasteiger partial charge in [0.15, 0.2) is 0 Å². The van der Waals surface area contributed by atoms with E-state index in [1.54, 1.807) is 0 Å². The van der Waals surface area contributed by atoms with Crippen LogP contribution in [0.4, 0.5) is 0 Å². The van der Waals surface area contributed by atoms with Crippen LogP contribution in [0.15, 0.2) is 0 Å². The summed E-state index contributed by atoms with van der Waals surface area (Å²) in [6.07, 6.45) is 23.9. The number of halogens is 3. The molecule has 0 aromatic carbocycles. The van der Waals surface area contributed by atoms with Crippen molar-refractivity contribution in [2.45, 2.75) is 116 Å². The van der Waals surface area contributed by atoms with Gasteiger partial charge in [-0.15, -0.1) is 34.8 Å². The van der Waals surface area contributed by atoms with Gasteiger partial charge < -0.3 is 4.90 Å². The first-order chi connectivity index (χ1) is 13.8. The summed E-state index contributed by atoms with van der Waals surface area (Å²) in [5.41, 5.74) is 0. The van der Waals surface area contributed by atoms with E-state index in [9.17, 15) is 0 Å². The van der Waals surface area contributed by atoms with Gasteiger partial charge in [-0.3, -0.25) is 0 Å². The summed E-state index contributed by atoms with van der Waals surface area (Å²) in [6.45, 7) is 3.90. The van der Waals surface area contributed by atoms with Crippen molar-refractivity contribution in [3.63, 3.8) is 0 Å². The van der Waals surface area contributed by atoms with Crippen molar-refractivity contribution in [2.75, 3.05) is 37.3 Å². The molecule has 0 aromatic heterocycles. The van der Waals surface area contributed by atoms with Gasteiger partial charge in [-0.1, -0.05) is 77.0 Å². The molecular formula is C24H48Cl3N. The fraction of sp³-hybridized carbons (Fsp3) is 1.00. The molecule has 0 aromatic rings. The van der Waals surface area contributed by atoms with E-state index in [2.05, 4.69) is 4.90 Å². The maximum Gasteiger partial charge on any atom is 0.0223 e. The number of rotatable bonds is 24. The van der Waals surface area contributed by atoms with E-state index in [-0.39, 0.29) is 0 Å². The molecule has 170 valence electrons. The molecule has 4 heteroatoms. The first kappa shape index (κ1) is 28.8. The van der Waals surface area contributed by atoms with E-state index < -0.39 is 0 Å². The maximum absolute atomic E-state index is 5.76. The van der Waals surface area contributed by atoms with Crippen LogP contribution in [0.25, 0.3) is 0 Å². The van der Waals surface area contributed by atoms with Crippen molar-refractivity contribution in [3.05, 3.63) is 0 Å². The molecule has 0 saturated carbocycles. The molecule has 0 atom stereocenters. The highest BCUT2D eigenvalue weighted by Crippen LogP contribution is 2.12. The molecule has 0 saturated heterocycles. The summed E-state index contributed by atoms with van der Waals surface area (Å²) in [5.74, 6) is 2.47. The van der Waals surface area contributed by atoms with Crippen molar-refractivity contribution in [2.24, 2.45) is 0 Å². The van der Waals surface area contributed by atoms with Gasteiger partial charge in [-0.25, -0.2) is 0 Å². The average Bonchev–Trinajstić information content (AvgIpc) is 2.71. The third-order valence-corrected chi connectivity index (χ3v) is 6.38. The van der Waals surface area contributed by atoms with Crippen molar-refractivity contribution in [1.29, 1.82) is 0 Å². The Labute approximate surface area is 192 Å². The highest BCUT2D eigenvalue weighted by Gasteiger charge is 2.05. The molecular weight excluding hydrogens is 409 g/mol. The fourth-order valence-corrected chi connectivity index (χ4v) is 4.31. The van der Waals surface area contributed by atoms with E-state index in [0.717, 1.165) is 17.6 Å². The summed E-state index contributed by atoms with van der Waals surface area (Å²) in [4.78, 5) is 2.75. The number of hydrogen-bond acceptors (Lipinski definition) is 1. The highest BCUT2D eigenvalue weighted by atomic mass is 35.5. The Kier molecular flexibility index (Phi) is 26.6. The van der Waals surface area contributed by atoms with Crippen molar-refractivity contribution in [3.8, 4) is 0 Å². The summed E-state index contributed by atoms with van der Waals surface area (Å²) < 4.78 is 0. The zero-order valence-corrected chi connectivity index (χ0v) is 20.8. The Hall–Kier alpha value is 0.830. The fourth-order valence-electron chi connectivity index (χ4n) is 3.75. The molecule has 0 aliphatic carbocycles. The van der Waals surface area contributed by atoms with Gasteiger partial charge >= 0.3 is 0 Å². The third-order valence-electron chi connectivity index (χ3n) is 5.57. The SMILES string of the molecule is ClCCCCCCCCN(CCCCCCCCCl)CCCCCCCCCl. The van der Waals surface area contributed by atoms with Crippen LogP contribution in [0.2, 0.25) is 0 Å². The van der Waals surface area contributed by atoms with Gasteiger partial charge in [0.2, 0.25) is 0 Å². The van der Waals surface area contributed by atoms with Crippen LogP contribution in [0, 0.1) is 0 Å². The van der Waals surface area contributed by atoms with Crippen LogP contribution in [-0.4, -0.2) is 42.2 Å². The average molecular weight is 457 g/mol. The molecule has 1 nitrogen and oxygen atoms in total. The van der Waals surface area contributed by atoms with E-state index in [0.29, 0.717) is 0 Å². The number of hydrogen-bond donors (Lipinski definition) is 0. The van der Waals surface area contributed by atoms with Crippen molar-refractivity contribution >= 4 is 34.8 Å². The smallest absolute Gasteiger partial charge is 0.0223 e. The number of nitrogens with zero attached hydrogens (tertiary/aromatic N) is 1. The summed E-state index contributed by atoms with van der Waals surface area (Å²) >= 11 is 17.3. The lowest BCUT2D eigenvalue weighted by molar-refractivity contribution is 0.254. The largest absolute Gasteiger partial charge is 0.303 e. The molecule has 0 spiro atoms. The predicted molar refractivity (Wildman–Crippen MR) is 132 cm³/mol. The maximum atomic E-state index is 5.76. The topological polar surface area (TPSA) is 3.24 Å². The van der Waals surface area contributed by atoms with Gasteiger partial charge in [-0.2, -0.15) is 0 Å². The second-order valence-electron chi connectivity index (χ2n) is 8.27. The minimum Gasteiger partial charge on any atom is -0.303 e. The molecule has 0 fully saturated rings. The first-order valence-electron chi connectivity index (χ1n) is 12.3. The molecule has 0 N–H and O–H groups in total. The summed E-state index contributed by atoms with van der Waals surface area (Å²) in [5, 5.41) is 0. The van der Waals surface area contributed by atoms with E-state index in [4.69, 9.17) is 34.8 Å². The Morgan fingerprint density at radius 2 is 0.500 bits per heavy atom. The lowest BCUT2D eigenvalue weighted by Crippen LogP contribution is -2.27. The second-order valence-corrected chi connectivity index (χ2v) is 9.41. The quantitative estimate of drug-likeness (QED) is 0.103. The van der Waals surface area contributed by atoms with Gasteiger partial charge in [0.25, 0.3) is 0 Å².